The van der Waals surface area contributed by atoms with Gasteiger partial charge in [0.1, 0.15) is 11.6 Å². The van der Waals surface area contributed by atoms with Crippen LogP contribution in [0.3, 0.4) is 0 Å². The van der Waals surface area contributed by atoms with Crippen molar-refractivity contribution in [2.24, 2.45) is 5.41 Å². The van der Waals surface area contributed by atoms with Crippen molar-refractivity contribution in [1.82, 2.24) is 5.32 Å². The van der Waals surface area contributed by atoms with Gasteiger partial charge in [0.2, 0.25) is 0 Å². The minimum Gasteiger partial charge on any atom is -0.496 e. The van der Waals surface area contributed by atoms with Gasteiger partial charge in [-0.05, 0) is 43.7 Å². The highest BCUT2D eigenvalue weighted by Crippen LogP contribution is 2.48. The van der Waals surface area contributed by atoms with E-state index in [1.807, 2.05) is 6.92 Å². The maximum atomic E-state index is 14.0. The molecule has 1 N–H and O–H groups in total. The predicted octanol–water partition coefficient (Wildman–Crippen LogP) is 3.30. The largest absolute Gasteiger partial charge is 0.496 e. The van der Waals surface area contributed by atoms with Gasteiger partial charge in [-0.15, -0.1) is 0 Å². The van der Waals surface area contributed by atoms with Crippen molar-refractivity contribution in [3.05, 3.63) is 29.6 Å². The summed E-state index contributed by atoms with van der Waals surface area (Å²) in [6, 6.07) is 4.89. The highest BCUT2D eigenvalue weighted by molar-refractivity contribution is 5.36. The number of rotatable bonds is 8. The van der Waals surface area contributed by atoms with Crippen LogP contribution in [0.4, 0.5) is 4.39 Å². The third-order valence-electron chi connectivity index (χ3n) is 4.24. The maximum Gasteiger partial charge on any atom is 0.131 e. The van der Waals surface area contributed by atoms with E-state index < -0.39 is 0 Å². The molecular weight excluding hydrogens is 257 g/mol. The summed E-state index contributed by atoms with van der Waals surface area (Å²) in [5, 5.41) is 3.45. The van der Waals surface area contributed by atoms with Gasteiger partial charge in [0.15, 0.2) is 0 Å². The molecule has 1 aromatic carbocycles. The fourth-order valence-corrected chi connectivity index (χ4v) is 2.60. The SMILES string of the molecule is COCCC1(CNC(C)c2c(F)cccc2OC)CC1. The molecule has 3 nitrogen and oxygen atoms in total. The lowest BCUT2D eigenvalue weighted by Gasteiger charge is -2.22. The second-order valence-electron chi connectivity index (χ2n) is 5.70. The Morgan fingerprint density at radius 1 is 1.35 bits per heavy atom. The van der Waals surface area contributed by atoms with Gasteiger partial charge in [-0.1, -0.05) is 6.07 Å². The first-order chi connectivity index (χ1) is 9.62. The molecule has 0 spiro atoms. The number of nitrogens with one attached hydrogen (secondary N) is 1. The molecule has 0 heterocycles. The summed E-state index contributed by atoms with van der Waals surface area (Å²) in [5.74, 6) is 0.387. The normalized spacial score (nSPS) is 17.8. The van der Waals surface area contributed by atoms with Crippen LogP contribution in [0, 0.1) is 11.2 Å². The van der Waals surface area contributed by atoms with Crippen molar-refractivity contribution in [3.63, 3.8) is 0 Å². The fourth-order valence-electron chi connectivity index (χ4n) is 2.60. The molecule has 1 atom stereocenters. The maximum absolute atomic E-state index is 14.0. The molecule has 1 saturated carbocycles. The van der Waals surface area contributed by atoms with Gasteiger partial charge >= 0.3 is 0 Å². The van der Waals surface area contributed by atoms with Gasteiger partial charge in [-0.2, -0.15) is 0 Å². The summed E-state index contributed by atoms with van der Waals surface area (Å²) in [6.45, 7) is 3.67. The minimum atomic E-state index is -0.217. The monoisotopic (exact) mass is 281 g/mol. The number of methoxy groups -OCH3 is 2. The Morgan fingerprint density at radius 2 is 2.10 bits per heavy atom. The van der Waals surface area contributed by atoms with Crippen molar-refractivity contribution in [1.29, 1.82) is 0 Å². The molecule has 112 valence electrons. The topological polar surface area (TPSA) is 30.5 Å². The van der Waals surface area contributed by atoms with E-state index in [1.54, 1.807) is 26.4 Å². The van der Waals surface area contributed by atoms with E-state index in [2.05, 4.69) is 5.32 Å². The molecule has 4 heteroatoms. The first-order valence-corrected chi connectivity index (χ1v) is 7.16. The van der Waals surface area contributed by atoms with Gasteiger partial charge in [0.05, 0.1) is 7.11 Å². The quantitative estimate of drug-likeness (QED) is 0.793. The second-order valence-corrected chi connectivity index (χ2v) is 5.70. The molecule has 0 aromatic heterocycles. The third-order valence-corrected chi connectivity index (χ3v) is 4.24. The van der Waals surface area contributed by atoms with Crippen LogP contribution in [0.5, 0.6) is 5.75 Å². The van der Waals surface area contributed by atoms with Crippen molar-refractivity contribution in [2.75, 3.05) is 27.4 Å². The molecule has 1 aliphatic rings. The van der Waals surface area contributed by atoms with Crippen LogP contribution < -0.4 is 10.1 Å². The van der Waals surface area contributed by atoms with Crippen LogP contribution in [0.2, 0.25) is 0 Å². The van der Waals surface area contributed by atoms with E-state index in [9.17, 15) is 4.39 Å². The molecule has 1 aromatic rings. The molecule has 0 saturated heterocycles. The molecule has 2 rings (SSSR count). The minimum absolute atomic E-state index is 0.0637. The van der Waals surface area contributed by atoms with E-state index in [1.165, 1.54) is 18.9 Å². The summed E-state index contributed by atoms with van der Waals surface area (Å²) in [6.07, 6.45) is 3.52. The highest BCUT2D eigenvalue weighted by atomic mass is 19.1. The average molecular weight is 281 g/mol. The number of hydrogen-bond acceptors (Lipinski definition) is 3. The molecule has 0 aliphatic heterocycles. The lowest BCUT2D eigenvalue weighted by atomic mass is 10.0. The summed E-state index contributed by atoms with van der Waals surface area (Å²) in [7, 11) is 3.31. The number of benzene rings is 1. The Labute approximate surface area is 120 Å². The third kappa shape index (κ3) is 3.49. The summed E-state index contributed by atoms with van der Waals surface area (Å²) < 4.78 is 24.4. The summed E-state index contributed by atoms with van der Waals surface area (Å²) in [5.41, 5.74) is 0.959. The first kappa shape index (κ1) is 15.3. The van der Waals surface area contributed by atoms with Crippen LogP contribution in [-0.4, -0.2) is 27.4 Å². The Kier molecular flexibility index (Phi) is 5.00. The van der Waals surface area contributed by atoms with Gasteiger partial charge in [0.25, 0.3) is 0 Å². The number of halogens is 1. The van der Waals surface area contributed by atoms with Crippen LogP contribution >= 0.6 is 0 Å². The fraction of sp³-hybridized carbons (Fsp3) is 0.625. The zero-order valence-corrected chi connectivity index (χ0v) is 12.5. The van der Waals surface area contributed by atoms with E-state index in [-0.39, 0.29) is 11.9 Å². The lowest BCUT2D eigenvalue weighted by molar-refractivity contribution is 0.170. The highest BCUT2D eigenvalue weighted by Gasteiger charge is 2.41. The molecule has 1 fully saturated rings. The number of ether oxygens (including phenoxy) is 2. The zero-order chi connectivity index (χ0) is 14.6. The molecule has 1 aliphatic carbocycles. The van der Waals surface area contributed by atoms with E-state index in [0.717, 1.165) is 19.6 Å². The Morgan fingerprint density at radius 3 is 2.70 bits per heavy atom. The van der Waals surface area contributed by atoms with Gasteiger partial charge in [0, 0.05) is 31.9 Å². The van der Waals surface area contributed by atoms with Gasteiger partial charge in [-0.3, -0.25) is 0 Å². The zero-order valence-electron chi connectivity index (χ0n) is 12.5. The molecule has 0 bridgehead atoms. The van der Waals surface area contributed by atoms with Crippen molar-refractivity contribution >= 4 is 0 Å². The molecule has 20 heavy (non-hydrogen) atoms. The van der Waals surface area contributed by atoms with Crippen LogP contribution in [0.25, 0.3) is 0 Å². The predicted molar refractivity (Wildman–Crippen MR) is 77.5 cm³/mol. The first-order valence-electron chi connectivity index (χ1n) is 7.16. The van der Waals surface area contributed by atoms with Crippen LogP contribution in [0.1, 0.15) is 37.8 Å². The van der Waals surface area contributed by atoms with Crippen molar-refractivity contribution < 1.29 is 13.9 Å². The van der Waals surface area contributed by atoms with E-state index >= 15 is 0 Å². The molecule has 0 radical (unpaired) electrons. The van der Waals surface area contributed by atoms with Crippen LogP contribution in [0.15, 0.2) is 18.2 Å². The van der Waals surface area contributed by atoms with Crippen molar-refractivity contribution in [2.45, 2.75) is 32.2 Å². The van der Waals surface area contributed by atoms with E-state index in [0.29, 0.717) is 16.7 Å². The Balaban J connectivity index is 1.97. The van der Waals surface area contributed by atoms with Gasteiger partial charge in [-0.25, -0.2) is 4.39 Å². The van der Waals surface area contributed by atoms with Crippen molar-refractivity contribution in [3.8, 4) is 5.75 Å². The molecule has 1 unspecified atom stereocenters. The second kappa shape index (κ2) is 6.55. The molecular formula is C16H24FNO2. The molecule has 0 amide bonds. The number of hydrogen-bond donors (Lipinski definition) is 1. The summed E-state index contributed by atoms with van der Waals surface area (Å²) in [4.78, 5) is 0. The standard InChI is InChI=1S/C16H24FNO2/c1-12(15-13(17)5-4-6-14(15)20-3)18-11-16(7-8-16)9-10-19-2/h4-6,12,18H,7-11H2,1-3H3. The van der Waals surface area contributed by atoms with Crippen LogP contribution in [-0.2, 0) is 4.74 Å². The Bertz CT molecular complexity index is 446. The summed E-state index contributed by atoms with van der Waals surface area (Å²) >= 11 is 0. The smallest absolute Gasteiger partial charge is 0.131 e. The Hall–Kier alpha value is -1.13. The van der Waals surface area contributed by atoms with Gasteiger partial charge < -0.3 is 14.8 Å². The van der Waals surface area contributed by atoms with E-state index in [4.69, 9.17) is 9.47 Å². The lowest BCUT2D eigenvalue weighted by Crippen LogP contribution is -2.28. The average Bonchev–Trinajstić information content (AvgIpc) is 3.23.